The molecule has 2 unspecified atom stereocenters. The second kappa shape index (κ2) is 5.92. The predicted molar refractivity (Wildman–Crippen MR) is 74.2 cm³/mol. The average Bonchev–Trinajstić information content (AvgIpc) is 2.37. The van der Waals surface area contributed by atoms with Gasteiger partial charge >= 0.3 is 0 Å². The van der Waals surface area contributed by atoms with Gasteiger partial charge in [-0.2, -0.15) is 5.26 Å². The molecule has 108 valence electrons. The van der Waals surface area contributed by atoms with Gasteiger partial charge in [-0.3, -0.25) is 4.79 Å². The van der Waals surface area contributed by atoms with Crippen LogP contribution in [0, 0.1) is 22.2 Å². The molecule has 0 aliphatic heterocycles. The maximum atomic E-state index is 12.5. The number of carbonyl (C=O) groups excluding carboxylic acids is 1. The van der Waals surface area contributed by atoms with Gasteiger partial charge in [-0.25, -0.2) is 0 Å². The van der Waals surface area contributed by atoms with E-state index >= 15 is 0 Å². The maximum absolute atomic E-state index is 12.5. The number of nitriles is 1. The average molecular weight is 266 g/mol. The quantitative estimate of drug-likeness (QED) is 0.775. The molecule has 4 nitrogen and oxygen atoms in total. The van der Waals surface area contributed by atoms with E-state index in [-0.39, 0.29) is 23.5 Å². The fraction of sp³-hybridized carbons (Fsp3) is 0.867. The molecule has 0 spiro atoms. The van der Waals surface area contributed by atoms with Gasteiger partial charge in [0.15, 0.2) is 0 Å². The number of hydrogen-bond donors (Lipinski definition) is 2. The number of carbonyl (C=O) groups is 1. The van der Waals surface area contributed by atoms with E-state index in [1.165, 1.54) is 0 Å². The fourth-order valence-corrected chi connectivity index (χ4v) is 2.81. The smallest absolute Gasteiger partial charge is 0.240 e. The second-order valence-electron chi connectivity index (χ2n) is 6.29. The summed E-state index contributed by atoms with van der Waals surface area (Å²) in [6, 6.07) is 2.20. The summed E-state index contributed by atoms with van der Waals surface area (Å²) < 4.78 is 0. The van der Waals surface area contributed by atoms with E-state index in [1.807, 2.05) is 27.7 Å². The van der Waals surface area contributed by atoms with Gasteiger partial charge in [-0.05, 0) is 19.3 Å². The molecule has 1 aliphatic carbocycles. The number of nitrogens with zero attached hydrogens (tertiary/aromatic N) is 1. The van der Waals surface area contributed by atoms with Crippen molar-refractivity contribution >= 4 is 5.91 Å². The Morgan fingerprint density at radius 3 is 2.26 bits per heavy atom. The van der Waals surface area contributed by atoms with Crippen LogP contribution in [0.5, 0.6) is 0 Å². The number of aliphatic hydroxyl groups is 1. The van der Waals surface area contributed by atoms with E-state index in [1.54, 1.807) is 0 Å². The summed E-state index contributed by atoms with van der Waals surface area (Å²) in [4.78, 5) is 12.5. The lowest BCUT2D eigenvalue weighted by atomic mass is 9.64. The van der Waals surface area contributed by atoms with Crippen LogP contribution < -0.4 is 5.32 Å². The number of aliphatic hydroxyl groups excluding tert-OH is 1. The number of nitrogens with one attached hydrogen (secondary N) is 1. The van der Waals surface area contributed by atoms with Gasteiger partial charge in [0.2, 0.25) is 5.91 Å². The van der Waals surface area contributed by atoms with Crippen LogP contribution in [-0.2, 0) is 4.79 Å². The number of rotatable bonds is 6. The molecule has 1 saturated carbocycles. The number of hydrogen-bond acceptors (Lipinski definition) is 3. The SMILES string of the molecule is CCCC(C#N)(CCC)C(=O)NC1CC(O)C1(C)C. The topological polar surface area (TPSA) is 73.1 Å². The van der Waals surface area contributed by atoms with Crippen LogP contribution in [0.2, 0.25) is 0 Å². The summed E-state index contributed by atoms with van der Waals surface area (Å²) in [5.41, 5.74) is -1.20. The molecule has 1 rings (SSSR count). The molecule has 1 amide bonds. The van der Waals surface area contributed by atoms with Crippen molar-refractivity contribution in [3.8, 4) is 6.07 Å². The van der Waals surface area contributed by atoms with Crippen molar-refractivity contribution in [1.29, 1.82) is 5.26 Å². The Hall–Kier alpha value is -1.08. The van der Waals surface area contributed by atoms with E-state index < -0.39 is 5.41 Å². The zero-order chi connectivity index (χ0) is 14.7. The molecule has 0 aromatic carbocycles. The molecule has 0 saturated heterocycles. The lowest BCUT2D eigenvalue weighted by Gasteiger charge is -2.50. The third-order valence-corrected chi connectivity index (χ3v) is 4.52. The molecule has 2 N–H and O–H groups in total. The third-order valence-electron chi connectivity index (χ3n) is 4.52. The van der Waals surface area contributed by atoms with Crippen molar-refractivity contribution in [1.82, 2.24) is 5.32 Å². The van der Waals surface area contributed by atoms with Gasteiger partial charge in [0.1, 0.15) is 5.41 Å². The Morgan fingerprint density at radius 1 is 1.42 bits per heavy atom. The summed E-state index contributed by atoms with van der Waals surface area (Å²) >= 11 is 0. The second-order valence-corrected chi connectivity index (χ2v) is 6.29. The van der Waals surface area contributed by atoms with Crippen LogP contribution in [0.3, 0.4) is 0 Å². The van der Waals surface area contributed by atoms with Crippen molar-refractivity contribution in [2.75, 3.05) is 0 Å². The summed E-state index contributed by atoms with van der Waals surface area (Å²) in [5.74, 6) is -0.163. The van der Waals surface area contributed by atoms with Crippen LogP contribution in [0.1, 0.15) is 59.8 Å². The summed E-state index contributed by atoms with van der Waals surface area (Å²) in [6.45, 7) is 7.87. The van der Waals surface area contributed by atoms with Gasteiger partial charge in [0.25, 0.3) is 0 Å². The van der Waals surface area contributed by atoms with E-state index in [2.05, 4.69) is 11.4 Å². The van der Waals surface area contributed by atoms with Crippen LogP contribution in [0.4, 0.5) is 0 Å². The van der Waals surface area contributed by atoms with Crippen molar-refractivity contribution in [2.24, 2.45) is 10.8 Å². The van der Waals surface area contributed by atoms with Gasteiger partial charge in [0, 0.05) is 11.5 Å². The Labute approximate surface area is 116 Å². The highest BCUT2D eigenvalue weighted by Crippen LogP contribution is 2.41. The summed E-state index contributed by atoms with van der Waals surface area (Å²) in [5, 5.41) is 22.1. The maximum Gasteiger partial charge on any atom is 0.240 e. The first-order valence-electron chi connectivity index (χ1n) is 7.24. The Bertz CT molecular complexity index is 365. The van der Waals surface area contributed by atoms with Gasteiger partial charge < -0.3 is 10.4 Å². The van der Waals surface area contributed by atoms with E-state index in [0.717, 1.165) is 12.8 Å². The highest BCUT2D eigenvalue weighted by Gasteiger charge is 2.50. The first kappa shape index (κ1) is 16.0. The Kier molecular flexibility index (Phi) is 4.98. The van der Waals surface area contributed by atoms with Gasteiger partial charge in [-0.1, -0.05) is 40.5 Å². The highest BCUT2D eigenvalue weighted by atomic mass is 16.3. The van der Waals surface area contributed by atoms with Gasteiger partial charge in [0.05, 0.1) is 12.2 Å². The Morgan fingerprint density at radius 2 is 1.95 bits per heavy atom. The first-order chi connectivity index (χ1) is 8.84. The first-order valence-corrected chi connectivity index (χ1v) is 7.24. The van der Waals surface area contributed by atoms with Crippen LogP contribution in [0.15, 0.2) is 0 Å². The zero-order valence-electron chi connectivity index (χ0n) is 12.5. The molecule has 0 aromatic heterocycles. The molecular formula is C15H26N2O2. The lowest BCUT2D eigenvalue weighted by Crippen LogP contribution is -2.62. The third kappa shape index (κ3) is 2.92. The standard InChI is InChI=1S/C15H26N2O2/c1-5-7-15(10-16,8-6-2)13(19)17-11-9-12(18)14(11,3)4/h11-12,18H,5-9H2,1-4H3,(H,17,19). The molecule has 0 bridgehead atoms. The molecular weight excluding hydrogens is 240 g/mol. The van der Waals surface area contributed by atoms with E-state index in [0.29, 0.717) is 19.3 Å². The van der Waals surface area contributed by atoms with Crippen LogP contribution in [0.25, 0.3) is 0 Å². The minimum Gasteiger partial charge on any atom is -0.392 e. The molecule has 2 atom stereocenters. The van der Waals surface area contributed by atoms with Crippen molar-refractivity contribution in [2.45, 2.75) is 71.9 Å². The Balaban J connectivity index is 2.76. The van der Waals surface area contributed by atoms with Gasteiger partial charge in [-0.15, -0.1) is 0 Å². The normalized spacial score (nSPS) is 25.3. The van der Waals surface area contributed by atoms with E-state index in [9.17, 15) is 15.2 Å². The lowest BCUT2D eigenvalue weighted by molar-refractivity contribution is -0.136. The molecule has 0 heterocycles. The molecule has 1 fully saturated rings. The van der Waals surface area contributed by atoms with Crippen LogP contribution in [-0.4, -0.2) is 23.2 Å². The highest BCUT2D eigenvalue weighted by molar-refractivity contribution is 5.85. The predicted octanol–water partition coefficient (Wildman–Crippen LogP) is 2.37. The van der Waals surface area contributed by atoms with Crippen molar-refractivity contribution in [3.63, 3.8) is 0 Å². The fourth-order valence-electron chi connectivity index (χ4n) is 2.81. The van der Waals surface area contributed by atoms with Crippen molar-refractivity contribution < 1.29 is 9.90 Å². The minimum absolute atomic E-state index is 0.0311. The molecule has 1 aliphatic rings. The van der Waals surface area contributed by atoms with Crippen LogP contribution >= 0.6 is 0 Å². The zero-order valence-corrected chi connectivity index (χ0v) is 12.5. The van der Waals surface area contributed by atoms with Crippen molar-refractivity contribution in [3.05, 3.63) is 0 Å². The van der Waals surface area contributed by atoms with E-state index in [4.69, 9.17) is 0 Å². The minimum atomic E-state index is -0.903. The molecule has 4 heteroatoms. The molecule has 19 heavy (non-hydrogen) atoms. The summed E-state index contributed by atoms with van der Waals surface area (Å²) in [7, 11) is 0. The number of amides is 1. The summed E-state index contributed by atoms with van der Waals surface area (Å²) in [6.07, 6.45) is 3.04. The molecule has 0 aromatic rings. The monoisotopic (exact) mass is 266 g/mol. The molecule has 0 radical (unpaired) electrons. The largest absolute Gasteiger partial charge is 0.392 e.